The van der Waals surface area contributed by atoms with Crippen LogP contribution < -0.4 is 9.64 Å². The molecular formula is C17H15ClF3NO4. The van der Waals surface area contributed by atoms with Crippen molar-refractivity contribution in [3.8, 4) is 18.1 Å². The van der Waals surface area contributed by atoms with E-state index in [0.29, 0.717) is 12.8 Å². The van der Waals surface area contributed by atoms with E-state index in [-0.39, 0.29) is 18.5 Å². The third kappa shape index (κ3) is 4.05. The first-order chi connectivity index (χ1) is 12.1. The first-order valence-corrected chi connectivity index (χ1v) is 8.08. The predicted octanol–water partition coefficient (Wildman–Crippen LogP) is 3.99. The van der Waals surface area contributed by atoms with Gasteiger partial charge >= 0.3 is 18.2 Å². The lowest BCUT2D eigenvalue weighted by atomic mass is 9.79. The average molecular weight is 390 g/mol. The molecule has 0 spiro atoms. The van der Waals surface area contributed by atoms with E-state index in [0.717, 1.165) is 29.5 Å². The van der Waals surface area contributed by atoms with Gasteiger partial charge in [0.1, 0.15) is 11.3 Å². The Kier molecular flexibility index (Phi) is 5.71. The fraction of sp³-hybridized carbons (Fsp3) is 0.412. The monoisotopic (exact) mass is 389 g/mol. The number of carboxylic acid groups (broad SMARTS) is 1. The molecule has 1 N–H and O–H groups in total. The number of alkyl halides is 3. The van der Waals surface area contributed by atoms with Crippen LogP contribution in [0.15, 0.2) is 18.2 Å². The van der Waals surface area contributed by atoms with Crippen LogP contribution in [0.2, 0.25) is 5.02 Å². The number of nitrogens with zero attached hydrogens (tertiary/aromatic N) is 1. The van der Waals surface area contributed by atoms with Crippen LogP contribution in [0.1, 0.15) is 32.1 Å². The molecule has 1 saturated carbocycles. The van der Waals surface area contributed by atoms with Gasteiger partial charge in [-0.1, -0.05) is 30.9 Å². The van der Waals surface area contributed by atoms with Gasteiger partial charge < -0.3 is 9.84 Å². The summed E-state index contributed by atoms with van der Waals surface area (Å²) in [6.45, 7) is 0. The molecule has 1 fully saturated rings. The molecular weight excluding hydrogens is 375 g/mol. The number of anilines is 1. The highest BCUT2D eigenvalue weighted by atomic mass is 35.5. The predicted molar refractivity (Wildman–Crippen MR) is 87.9 cm³/mol. The summed E-state index contributed by atoms with van der Waals surface area (Å²) in [5.74, 6) is -0.917. The van der Waals surface area contributed by atoms with E-state index in [4.69, 9.17) is 18.0 Å². The molecule has 0 heterocycles. The van der Waals surface area contributed by atoms with E-state index >= 15 is 0 Å². The molecule has 0 atom stereocenters. The van der Waals surface area contributed by atoms with Crippen LogP contribution >= 0.6 is 11.6 Å². The molecule has 0 saturated heterocycles. The number of ether oxygens (including phenoxy) is 1. The van der Waals surface area contributed by atoms with Crippen LogP contribution in [0.5, 0.6) is 5.75 Å². The van der Waals surface area contributed by atoms with Gasteiger partial charge in [-0.05, 0) is 37.0 Å². The van der Waals surface area contributed by atoms with Crippen molar-refractivity contribution in [2.45, 2.75) is 44.0 Å². The van der Waals surface area contributed by atoms with Gasteiger partial charge in [0.25, 0.3) is 0 Å². The topological polar surface area (TPSA) is 66.8 Å². The van der Waals surface area contributed by atoms with Gasteiger partial charge in [0.05, 0.1) is 5.02 Å². The fourth-order valence-corrected chi connectivity index (χ4v) is 3.34. The van der Waals surface area contributed by atoms with Gasteiger partial charge in [-0.2, -0.15) is 0 Å². The van der Waals surface area contributed by atoms with Crippen molar-refractivity contribution in [3.05, 3.63) is 23.2 Å². The standard InChI is InChI=1S/C17H15ClF3NO4/c1-2-14(23)22(16(15(24)25)8-4-3-5-9-16)11-6-7-13(12(18)10-11)26-17(19,20)21/h1,6-7,10H,3-5,8-9H2,(H,24,25). The second kappa shape index (κ2) is 7.46. The Bertz CT molecular complexity index is 751. The van der Waals surface area contributed by atoms with Crippen molar-refractivity contribution < 1.29 is 32.6 Å². The molecule has 5 nitrogen and oxygen atoms in total. The summed E-state index contributed by atoms with van der Waals surface area (Å²) in [6.07, 6.45) is 2.55. The maximum Gasteiger partial charge on any atom is 0.573 e. The molecule has 0 aromatic heterocycles. The van der Waals surface area contributed by atoms with Crippen molar-refractivity contribution in [2.24, 2.45) is 0 Å². The molecule has 9 heteroatoms. The first-order valence-electron chi connectivity index (χ1n) is 7.70. The normalized spacial score (nSPS) is 16.4. The van der Waals surface area contributed by atoms with Crippen LogP contribution in [0, 0.1) is 12.3 Å². The van der Waals surface area contributed by atoms with E-state index in [2.05, 4.69) is 4.74 Å². The third-order valence-corrected chi connectivity index (χ3v) is 4.53. The van der Waals surface area contributed by atoms with Crippen molar-refractivity contribution in [2.75, 3.05) is 4.90 Å². The Hall–Kier alpha value is -2.40. The van der Waals surface area contributed by atoms with E-state index in [1.165, 1.54) is 0 Å². The zero-order valence-electron chi connectivity index (χ0n) is 13.5. The number of carboxylic acids is 1. The third-order valence-electron chi connectivity index (χ3n) is 4.23. The lowest BCUT2D eigenvalue weighted by Gasteiger charge is -2.42. The molecule has 1 aliphatic rings. The number of benzene rings is 1. The minimum Gasteiger partial charge on any atom is -0.479 e. The zero-order valence-corrected chi connectivity index (χ0v) is 14.2. The van der Waals surface area contributed by atoms with E-state index in [1.54, 1.807) is 0 Å². The summed E-state index contributed by atoms with van der Waals surface area (Å²) in [7, 11) is 0. The summed E-state index contributed by atoms with van der Waals surface area (Å²) in [5.41, 5.74) is -1.57. The Morgan fingerprint density at radius 1 is 1.27 bits per heavy atom. The van der Waals surface area contributed by atoms with Gasteiger partial charge in [-0.25, -0.2) is 4.79 Å². The van der Waals surface area contributed by atoms with Gasteiger partial charge in [-0.3, -0.25) is 9.69 Å². The Labute approximate surface area is 152 Å². The van der Waals surface area contributed by atoms with Crippen LogP contribution in [0.4, 0.5) is 18.9 Å². The number of rotatable bonds is 4. The van der Waals surface area contributed by atoms with E-state index in [1.807, 2.05) is 5.92 Å². The number of hydrogen-bond acceptors (Lipinski definition) is 3. The molecule has 2 rings (SSSR count). The maximum absolute atomic E-state index is 12.4. The quantitative estimate of drug-likeness (QED) is 0.791. The second-order valence-electron chi connectivity index (χ2n) is 5.84. The highest BCUT2D eigenvalue weighted by Crippen LogP contribution is 2.40. The number of aliphatic carboxylic acids is 1. The molecule has 0 unspecified atom stereocenters. The SMILES string of the molecule is C#CC(=O)N(c1ccc(OC(F)(F)F)c(Cl)c1)C1(C(=O)O)CCCCC1. The molecule has 26 heavy (non-hydrogen) atoms. The largest absolute Gasteiger partial charge is 0.573 e. The molecule has 0 radical (unpaired) electrons. The summed E-state index contributed by atoms with van der Waals surface area (Å²) in [5, 5.41) is 9.35. The van der Waals surface area contributed by atoms with E-state index < -0.39 is 34.5 Å². The number of hydrogen-bond donors (Lipinski definition) is 1. The van der Waals surface area contributed by atoms with Gasteiger partial charge in [0.2, 0.25) is 0 Å². The zero-order chi connectivity index (χ0) is 19.5. The van der Waals surface area contributed by atoms with Crippen molar-refractivity contribution >= 4 is 29.2 Å². The van der Waals surface area contributed by atoms with Gasteiger partial charge in [0.15, 0.2) is 0 Å². The summed E-state index contributed by atoms with van der Waals surface area (Å²) in [6, 6.07) is 3.08. The van der Waals surface area contributed by atoms with Crippen LogP contribution in [-0.4, -0.2) is 28.9 Å². The van der Waals surface area contributed by atoms with Crippen LogP contribution in [0.3, 0.4) is 0 Å². The molecule has 1 aliphatic carbocycles. The minimum atomic E-state index is -4.94. The van der Waals surface area contributed by atoms with Crippen LogP contribution in [-0.2, 0) is 9.59 Å². The summed E-state index contributed by atoms with van der Waals surface area (Å²) in [4.78, 5) is 25.2. The highest BCUT2D eigenvalue weighted by molar-refractivity contribution is 6.32. The van der Waals surface area contributed by atoms with Crippen molar-refractivity contribution in [1.82, 2.24) is 0 Å². The average Bonchev–Trinajstić information content (AvgIpc) is 2.57. The number of carbonyl (C=O) groups excluding carboxylic acids is 1. The first kappa shape index (κ1) is 19.9. The van der Waals surface area contributed by atoms with Gasteiger partial charge in [0, 0.05) is 5.69 Å². The Morgan fingerprint density at radius 3 is 2.35 bits per heavy atom. The number of terminal acetylenes is 1. The smallest absolute Gasteiger partial charge is 0.479 e. The molecule has 1 aromatic carbocycles. The van der Waals surface area contributed by atoms with Gasteiger partial charge in [-0.15, -0.1) is 19.6 Å². The number of amides is 1. The summed E-state index contributed by atoms with van der Waals surface area (Å²) >= 11 is 5.83. The lowest BCUT2D eigenvalue weighted by Crippen LogP contribution is -2.58. The second-order valence-corrected chi connectivity index (χ2v) is 6.25. The molecule has 1 aromatic rings. The van der Waals surface area contributed by atoms with E-state index in [9.17, 15) is 27.9 Å². The summed E-state index contributed by atoms with van der Waals surface area (Å²) < 4.78 is 40.9. The molecule has 1 amide bonds. The van der Waals surface area contributed by atoms with Crippen LogP contribution in [0.25, 0.3) is 0 Å². The highest BCUT2D eigenvalue weighted by Gasteiger charge is 2.48. The fourth-order valence-electron chi connectivity index (χ4n) is 3.13. The Morgan fingerprint density at radius 2 is 1.88 bits per heavy atom. The molecule has 0 bridgehead atoms. The minimum absolute atomic E-state index is 0.00299. The lowest BCUT2D eigenvalue weighted by molar-refractivity contribution is -0.274. The number of halogens is 4. The Balaban J connectivity index is 2.51. The molecule has 140 valence electrons. The van der Waals surface area contributed by atoms with Crippen molar-refractivity contribution in [3.63, 3.8) is 0 Å². The molecule has 0 aliphatic heterocycles. The van der Waals surface area contributed by atoms with Crippen molar-refractivity contribution in [1.29, 1.82) is 0 Å². The maximum atomic E-state index is 12.4. The number of carbonyl (C=O) groups is 2.